The van der Waals surface area contributed by atoms with Crippen LogP contribution in [0, 0.1) is 0 Å². The van der Waals surface area contributed by atoms with E-state index in [1.54, 1.807) is 0 Å². The van der Waals surface area contributed by atoms with Gasteiger partial charge in [0.1, 0.15) is 6.04 Å². The minimum atomic E-state index is -0.251. The van der Waals surface area contributed by atoms with Crippen LogP contribution in [0.3, 0.4) is 0 Å². The van der Waals surface area contributed by atoms with Crippen LogP contribution in [0.5, 0.6) is 0 Å². The summed E-state index contributed by atoms with van der Waals surface area (Å²) in [6.45, 7) is 6.22. The summed E-state index contributed by atoms with van der Waals surface area (Å²) >= 11 is 0. The van der Waals surface area contributed by atoms with Gasteiger partial charge in [-0.15, -0.1) is 24.8 Å². The molecule has 2 fully saturated rings. The van der Waals surface area contributed by atoms with Gasteiger partial charge in [-0.05, 0) is 38.4 Å². The van der Waals surface area contributed by atoms with Gasteiger partial charge in [0, 0.05) is 13.1 Å². The van der Waals surface area contributed by atoms with Gasteiger partial charge < -0.3 is 15.4 Å². The summed E-state index contributed by atoms with van der Waals surface area (Å²) in [5, 5.41) is 6.39. The standard InChI is InChI=1S/C18H27N3O2.2ClH/c1-14-17(19-9-12-23-14)18(22)20-13-16(21-10-5-6-11-21)15-7-3-2-4-8-15;;/h2-4,7-8,14,16-17,19H,5-6,9-13H2,1H3,(H,20,22);2*1H/t14-,16?,17+;;/m1../s1. The third-order valence-corrected chi connectivity index (χ3v) is 4.83. The van der Waals surface area contributed by atoms with Gasteiger partial charge in [0.25, 0.3) is 0 Å². The number of nitrogens with zero attached hydrogens (tertiary/aromatic N) is 1. The van der Waals surface area contributed by atoms with Crippen molar-refractivity contribution in [1.29, 1.82) is 0 Å². The van der Waals surface area contributed by atoms with Gasteiger partial charge >= 0.3 is 0 Å². The van der Waals surface area contributed by atoms with Crippen LogP contribution in [0.15, 0.2) is 30.3 Å². The van der Waals surface area contributed by atoms with E-state index in [2.05, 4.69) is 39.8 Å². The number of hydrogen-bond acceptors (Lipinski definition) is 4. The van der Waals surface area contributed by atoms with Crippen LogP contribution in [-0.2, 0) is 9.53 Å². The van der Waals surface area contributed by atoms with Crippen LogP contribution < -0.4 is 10.6 Å². The van der Waals surface area contributed by atoms with Gasteiger partial charge in [-0.2, -0.15) is 0 Å². The highest BCUT2D eigenvalue weighted by Crippen LogP contribution is 2.24. The van der Waals surface area contributed by atoms with Crippen LogP contribution in [0.25, 0.3) is 0 Å². The maximum absolute atomic E-state index is 12.5. The molecule has 1 unspecified atom stereocenters. The second-order valence-electron chi connectivity index (χ2n) is 6.42. The SMILES string of the molecule is C[C@H]1OCCN[C@@H]1C(=O)NCC(c1ccccc1)N1CCCC1.Cl.Cl. The van der Waals surface area contributed by atoms with Crippen LogP contribution in [-0.4, -0.2) is 55.7 Å². The molecule has 0 aromatic heterocycles. The monoisotopic (exact) mass is 389 g/mol. The molecule has 1 amide bonds. The molecule has 1 aromatic rings. The van der Waals surface area contributed by atoms with E-state index in [4.69, 9.17) is 4.74 Å². The largest absolute Gasteiger partial charge is 0.375 e. The van der Waals surface area contributed by atoms with Crippen molar-refractivity contribution < 1.29 is 9.53 Å². The maximum Gasteiger partial charge on any atom is 0.239 e. The molecule has 0 spiro atoms. The van der Waals surface area contributed by atoms with E-state index in [0.29, 0.717) is 13.2 Å². The van der Waals surface area contributed by atoms with E-state index in [0.717, 1.165) is 19.6 Å². The number of carbonyl (C=O) groups excluding carboxylic acids is 1. The number of ether oxygens (including phenoxy) is 1. The third-order valence-electron chi connectivity index (χ3n) is 4.83. The second kappa shape index (κ2) is 11.0. The molecular formula is C18H29Cl2N3O2. The highest BCUT2D eigenvalue weighted by atomic mass is 35.5. The molecule has 2 heterocycles. The van der Waals surface area contributed by atoms with Crippen molar-refractivity contribution in [1.82, 2.24) is 15.5 Å². The zero-order valence-corrected chi connectivity index (χ0v) is 16.3. The molecule has 3 atom stereocenters. The quantitative estimate of drug-likeness (QED) is 0.809. The first-order chi connectivity index (χ1) is 11.3. The molecule has 0 aliphatic carbocycles. The van der Waals surface area contributed by atoms with E-state index in [1.807, 2.05) is 13.0 Å². The highest BCUT2D eigenvalue weighted by Gasteiger charge is 2.30. The molecule has 2 aliphatic rings. The summed E-state index contributed by atoms with van der Waals surface area (Å²) in [6, 6.07) is 10.5. The van der Waals surface area contributed by atoms with Crippen molar-refractivity contribution in [2.45, 2.75) is 38.0 Å². The summed E-state index contributed by atoms with van der Waals surface area (Å²) in [5.74, 6) is 0.0392. The van der Waals surface area contributed by atoms with Crippen molar-refractivity contribution in [3.63, 3.8) is 0 Å². The molecule has 5 nitrogen and oxygen atoms in total. The lowest BCUT2D eigenvalue weighted by Gasteiger charge is -2.32. The summed E-state index contributed by atoms with van der Waals surface area (Å²) in [4.78, 5) is 15.0. The van der Waals surface area contributed by atoms with Gasteiger partial charge in [0.05, 0.1) is 18.8 Å². The molecule has 142 valence electrons. The lowest BCUT2D eigenvalue weighted by molar-refractivity contribution is -0.129. The lowest BCUT2D eigenvalue weighted by atomic mass is 10.0. The number of benzene rings is 1. The Morgan fingerprint density at radius 3 is 2.60 bits per heavy atom. The van der Waals surface area contributed by atoms with E-state index in [9.17, 15) is 4.79 Å². The molecule has 7 heteroatoms. The highest BCUT2D eigenvalue weighted by molar-refractivity contribution is 5.85. The molecule has 2 saturated heterocycles. The number of nitrogens with one attached hydrogen (secondary N) is 2. The Morgan fingerprint density at radius 2 is 1.96 bits per heavy atom. The van der Waals surface area contributed by atoms with Gasteiger partial charge in [-0.3, -0.25) is 9.69 Å². The predicted molar refractivity (Wildman–Crippen MR) is 105 cm³/mol. The van der Waals surface area contributed by atoms with Crippen molar-refractivity contribution in [3.05, 3.63) is 35.9 Å². The smallest absolute Gasteiger partial charge is 0.239 e. The Balaban J connectivity index is 0.00000156. The minimum Gasteiger partial charge on any atom is -0.375 e. The average molecular weight is 390 g/mol. The van der Waals surface area contributed by atoms with Gasteiger partial charge in [0.2, 0.25) is 5.91 Å². The Bertz CT molecular complexity index is 512. The van der Waals surface area contributed by atoms with Gasteiger partial charge in [-0.1, -0.05) is 30.3 Å². The molecule has 2 N–H and O–H groups in total. The molecule has 0 saturated carbocycles. The minimum absolute atomic E-state index is 0. The lowest BCUT2D eigenvalue weighted by Crippen LogP contribution is -2.56. The molecule has 2 aliphatic heterocycles. The number of carbonyl (C=O) groups is 1. The molecule has 25 heavy (non-hydrogen) atoms. The van der Waals surface area contributed by atoms with Crippen molar-refractivity contribution >= 4 is 30.7 Å². The Labute approximate surface area is 162 Å². The fraction of sp³-hybridized carbons (Fsp3) is 0.611. The Morgan fingerprint density at radius 1 is 1.28 bits per heavy atom. The molecule has 1 aromatic carbocycles. The van der Waals surface area contributed by atoms with Crippen LogP contribution >= 0.6 is 24.8 Å². The van der Waals surface area contributed by atoms with Crippen LogP contribution in [0.4, 0.5) is 0 Å². The first kappa shape index (κ1) is 22.2. The van der Waals surface area contributed by atoms with E-state index in [1.165, 1.54) is 18.4 Å². The topological polar surface area (TPSA) is 53.6 Å². The number of hydrogen-bond donors (Lipinski definition) is 2. The first-order valence-electron chi connectivity index (χ1n) is 8.67. The van der Waals surface area contributed by atoms with Gasteiger partial charge in [-0.25, -0.2) is 0 Å². The summed E-state index contributed by atoms with van der Waals surface area (Å²) in [5.41, 5.74) is 1.27. The van der Waals surface area contributed by atoms with Crippen molar-refractivity contribution in [2.75, 3.05) is 32.8 Å². The predicted octanol–water partition coefficient (Wildman–Crippen LogP) is 2.16. The number of likely N-dealkylation sites (tertiary alicyclic amines) is 1. The van der Waals surface area contributed by atoms with E-state index >= 15 is 0 Å². The Kier molecular flexibility index (Phi) is 9.75. The van der Waals surface area contributed by atoms with Crippen molar-refractivity contribution in [2.24, 2.45) is 0 Å². The number of amides is 1. The third kappa shape index (κ3) is 5.83. The van der Waals surface area contributed by atoms with Gasteiger partial charge in [0.15, 0.2) is 0 Å². The van der Waals surface area contributed by atoms with Crippen LogP contribution in [0.1, 0.15) is 31.4 Å². The fourth-order valence-electron chi connectivity index (χ4n) is 3.52. The zero-order chi connectivity index (χ0) is 16.1. The van der Waals surface area contributed by atoms with Crippen molar-refractivity contribution in [3.8, 4) is 0 Å². The van der Waals surface area contributed by atoms with Crippen LogP contribution in [0.2, 0.25) is 0 Å². The summed E-state index contributed by atoms with van der Waals surface area (Å²) < 4.78 is 5.57. The summed E-state index contributed by atoms with van der Waals surface area (Å²) in [6.07, 6.45) is 2.41. The Hall–Kier alpha value is -0.850. The summed E-state index contributed by atoms with van der Waals surface area (Å²) in [7, 11) is 0. The second-order valence-corrected chi connectivity index (χ2v) is 6.42. The fourth-order valence-corrected chi connectivity index (χ4v) is 3.52. The number of halogens is 2. The van der Waals surface area contributed by atoms with E-state index in [-0.39, 0.29) is 48.9 Å². The zero-order valence-electron chi connectivity index (χ0n) is 14.6. The molecule has 0 radical (unpaired) electrons. The average Bonchev–Trinajstić information content (AvgIpc) is 3.10. The molecular weight excluding hydrogens is 361 g/mol. The number of rotatable bonds is 5. The molecule has 3 rings (SSSR count). The normalized spacial score (nSPS) is 24.7. The number of morpholine rings is 1. The van der Waals surface area contributed by atoms with E-state index < -0.39 is 0 Å². The molecule has 0 bridgehead atoms. The first-order valence-corrected chi connectivity index (χ1v) is 8.67. The maximum atomic E-state index is 12.5.